The van der Waals surface area contributed by atoms with Crippen LogP contribution in [0.4, 0.5) is 5.95 Å². The number of anilines is 1. The Morgan fingerprint density at radius 1 is 1.35 bits per heavy atom. The van der Waals surface area contributed by atoms with E-state index in [1.54, 1.807) is 12.5 Å². The number of nitrogens with two attached hydrogens (primary N) is 1. The van der Waals surface area contributed by atoms with Crippen LogP contribution in [0.3, 0.4) is 0 Å². The SMILES string of the molecule is CCc1nccn1-c1nc(N)nc2nc[nH]c12. The topological polar surface area (TPSA) is 98.3 Å². The number of nitrogen functional groups attached to an aromatic ring is 1. The maximum atomic E-state index is 5.67. The van der Waals surface area contributed by atoms with Crippen molar-refractivity contribution in [1.29, 1.82) is 0 Å². The Morgan fingerprint density at radius 2 is 2.24 bits per heavy atom. The van der Waals surface area contributed by atoms with Crippen LogP contribution in [0, 0.1) is 0 Å². The molecule has 0 atom stereocenters. The number of hydrogen-bond donors (Lipinski definition) is 2. The Balaban J connectivity index is 2.32. The zero-order chi connectivity index (χ0) is 11.8. The summed E-state index contributed by atoms with van der Waals surface area (Å²) in [6.45, 7) is 2.04. The Labute approximate surface area is 96.7 Å². The van der Waals surface area contributed by atoms with Gasteiger partial charge in [-0.2, -0.15) is 9.97 Å². The van der Waals surface area contributed by atoms with E-state index in [0.717, 1.165) is 17.8 Å². The van der Waals surface area contributed by atoms with E-state index < -0.39 is 0 Å². The highest BCUT2D eigenvalue weighted by atomic mass is 15.2. The molecule has 0 amide bonds. The van der Waals surface area contributed by atoms with Crippen molar-refractivity contribution in [3.05, 3.63) is 24.5 Å². The Kier molecular flexibility index (Phi) is 2.04. The fraction of sp³-hybridized carbons (Fsp3) is 0.200. The van der Waals surface area contributed by atoms with Gasteiger partial charge in [0.2, 0.25) is 5.95 Å². The molecule has 0 bridgehead atoms. The lowest BCUT2D eigenvalue weighted by atomic mass is 10.4. The van der Waals surface area contributed by atoms with Crippen molar-refractivity contribution in [3.8, 4) is 5.82 Å². The molecule has 3 aromatic rings. The monoisotopic (exact) mass is 229 g/mol. The van der Waals surface area contributed by atoms with Crippen molar-refractivity contribution in [2.75, 3.05) is 5.73 Å². The van der Waals surface area contributed by atoms with Crippen LogP contribution >= 0.6 is 0 Å². The van der Waals surface area contributed by atoms with Gasteiger partial charge in [-0.05, 0) is 0 Å². The Morgan fingerprint density at radius 3 is 3.06 bits per heavy atom. The van der Waals surface area contributed by atoms with Crippen molar-refractivity contribution in [3.63, 3.8) is 0 Å². The van der Waals surface area contributed by atoms with Gasteiger partial charge in [0.25, 0.3) is 0 Å². The minimum atomic E-state index is 0.204. The molecule has 86 valence electrons. The summed E-state index contributed by atoms with van der Waals surface area (Å²) in [5, 5.41) is 0. The number of aromatic amines is 1. The van der Waals surface area contributed by atoms with E-state index in [1.807, 2.05) is 17.7 Å². The molecular weight excluding hydrogens is 218 g/mol. The lowest BCUT2D eigenvalue weighted by Gasteiger charge is -2.06. The molecule has 3 heterocycles. The standard InChI is InChI=1S/C10H11N7/c1-2-6-12-3-4-17(6)9-7-8(14-5-13-7)15-10(11)16-9/h3-5H,2H2,1H3,(H3,11,13,14,15,16). The van der Waals surface area contributed by atoms with Gasteiger partial charge in [0, 0.05) is 18.8 Å². The smallest absolute Gasteiger partial charge is 0.224 e. The highest BCUT2D eigenvalue weighted by Gasteiger charge is 2.12. The molecule has 0 radical (unpaired) electrons. The normalized spacial score (nSPS) is 11.1. The van der Waals surface area contributed by atoms with E-state index in [2.05, 4.69) is 24.9 Å². The Hall–Kier alpha value is -2.44. The summed E-state index contributed by atoms with van der Waals surface area (Å²) < 4.78 is 1.89. The summed E-state index contributed by atoms with van der Waals surface area (Å²) in [5.74, 6) is 1.80. The number of hydrogen-bond acceptors (Lipinski definition) is 5. The first-order valence-corrected chi connectivity index (χ1v) is 5.28. The first kappa shape index (κ1) is 9.76. The molecule has 0 saturated carbocycles. The third-order valence-electron chi connectivity index (χ3n) is 2.55. The van der Waals surface area contributed by atoms with Gasteiger partial charge in [-0.1, -0.05) is 6.92 Å². The van der Waals surface area contributed by atoms with Crippen LogP contribution in [0.1, 0.15) is 12.7 Å². The van der Waals surface area contributed by atoms with Gasteiger partial charge in [-0.15, -0.1) is 0 Å². The van der Waals surface area contributed by atoms with Crippen molar-refractivity contribution < 1.29 is 0 Å². The van der Waals surface area contributed by atoms with Gasteiger partial charge < -0.3 is 10.7 Å². The molecule has 3 rings (SSSR count). The highest BCUT2D eigenvalue weighted by Crippen LogP contribution is 2.18. The van der Waals surface area contributed by atoms with Gasteiger partial charge in [-0.25, -0.2) is 9.97 Å². The number of nitrogens with zero attached hydrogens (tertiary/aromatic N) is 5. The van der Waals surface area contributed by atoms with Gasteiger partial charge in [0.15, 0.2) is 11.5 Å². The zero-order valence-electron chi connectivity index (χ0n) is 9.25. The molecule has 0 spiro atoms. The summed E-state index contributed by atoms with van der Waals surface area (Å²) in [6.07, 6.45) is 5.97. The van der Waals surface area contributed by atoms with Crippen LogP contribution in [0.25, 0.3) is 17.0 Å². The average molecular weight is 229 g/mol. The number of nitrogens with one attached hydrogen (secondary N) is 1. The predicted molar refractivity (Wildman–Crippen MR) is 62.6 cm³/mol. The molecule has 0 saturated heterocycles. The van der Waals surface area contributed by atoms with Crippen molar-refractivity contribution in [2.24, 2.45) is 0 Å². The van der Waals surface area contributed by atoms with Crippen molar-refractivity contribution >= 4 is 17.1 Å². The second-order valence-corrected chi connectivity index (χ2v) is 3.57. The molecule has 0 unspecified atom stereocenters. The molecule has 3 aromatic heterocycles. The molecule has 17 heavy (non-hydrogen) atoms. The highest BCUT2D eigenvalue weighted by molar-refractivity contribution is 5.79. The van der Waals surface area contributed by atoms with E-state index >= 15 is 0 Å². The minimum Gasteiger partial charge on any atom is -0.368 e. The third kappa shape index (κ3) is 1.43. The lowest BCUT2D eigenvalue weighted by molar-refractivity contribution is 0.870. The fourth-order valence-corrected chi connectivity index (χ4v) is 1.80. The second-order valence-electron chi connectivity index (χ2n) is 3.57. The van der Waals surface area contributed by atoms with Crippen LogP contribution < -0.4 is 5.73 Å². The number of H-pyrrole nitrogens is 1. The van der Waals surface area contributed by atoms with Gasteiger partial charge in [-0.3, -0.25) is 4.57 Å². The van der Waals surface area contributed by atoms with Crippen LogP contribution in [0.5, 0.6) is 0 Å². The summed E-state index contributed by atoms with van der Waals surface area (Å²) in [6, 6.07) is 0. The number of rotatable bonds is 2. The van der Waals surface area contributed by atoms with Crippen molar-refractivity contribution in [2.45, 2.75) is 13.3 Å². The van der Waals surface area contributed by atoms with E-state index in [1.165, 1.54) is 0 Å². The Bertz CT molecular complexity index is 666. The number of aryl methyl sites for hydroxylation is 1. The quantitative estimate of drug-likeness (QED) is 0.673. The summed E-state index contributed by atoms with van der Waals surface area (Å²) >= 11 is 0. The molecule has 0 aliphatic rings. The number of aromatic nitrogens is 6. The maximum absolute atomic E-state index is 5.67. The van der Waals surface area contributed by atoms with Gasteiger partial charge in [0.1, 0.15) is 11.3 Å². The van der Waals surface area contributed by atoms with Crippen molar-refractivity contribution in [1.82, 2.24) is 29.5 Å². The maximum Gasteiger partial charge on any atom is 0.224 e. The lowest BCUT2D eigenvalue weighted by Crippen LogP contribution is -2.06. The molecule has 3 N–H and O–H groups in total. The summed E-state index contributed by atoms with van der Waals surface area (Å²) in [5.41, 5.74) is 6.99. The van der Waals surface area contributed by atoms with Crippen LogP contribution in [-0.4, -0.2) is 29.5 Å². The van der Waals surface area contributed by atoms with E-state index in [4.69, 9.17) is 5.73 Å². The molecule has 0 aliphatic carbocycles. The molecular formula is C10H11N7. The van der Waals surface area contributed by atoms with Gasteiger partial charge >= 0.3 is 0 Å². The van der Waals surface area contributed by atoms with E-state index in [0.29, 0.717) is 11.5 Å². The largest absolute Gasteiger partial charge is 0.368 e. The molecule has 7 nitrogen and oxygen atoms in total. The number of imidazole rings is 2. The van der Waals surface area contributed by atoms with Crippen LogP contribution in [0.15, 0.2) is 18.7 Å². The van der Waals surface area contributed by atoms with Crippen LogP contribution in [0.2, 0.25) is 0 Å². The molecule has 0 fully saturated rings. The third-order valence-corrected chi connectivity index (χ3v) is 2.55. The van der Waals surface area contributed by atoms with E-state index in [9.17, 15) is 0 Å². The van der Waals surface area contributed by atoms with Crippen LogP contribution in [-0.2, 0) is 6.42 Å². The van der Waals surface area contributed by atoms with E-state index in [-0.39, 0.29) is 5.95 Å². The van der Waals surface area contributed by atoms with Gasteiger partial charge in [0.05, 0.1) is 6.33 Å². The first-order chi connectivity index (χ1) is 8.29. The molecule has 0 aromatic carbocycles. The zero-order valence-corrected chi connectivity index (χ0v) is 9.25. The average Bonchev–Trinajstić information content (AvgIpc) is 2.95. The predicted octanol–water partition coefficient (Wildman–Crippen LogP) is 0.683. The minimum absolute atomic E-state index is 0.204. The summed E-state index contributed by atoms with van der Waals surface area (Å²) in [4.78, 5) is 19.7. The number of fused-ring (bicyclic) bond motifs is 1. The first-order valence-electron chi connectivity index (χ1n) is 5.28. The molecule has 0 aliphatic heterocycles. The molecule has 7 heteroatoms. The summed E-state index contributed by atoms with van der Waals surface area (Å²) in [7, 11) is 0. The fourth-order valence-electron chi connectivity index (χ4n) is 1.80. The second kappa shape index (κ2) is 3.55.